The average Bonchev–Trinajstić information content (AvgIpc) is 2.28. The lowest BCUT2D eigenvalue weighted by Crippen LogP contribution is -2.06. The molecule has 1 N–H and O–H groups in total. The van der Waals surface area contributed by atoms with Crippen LogP contribution in [0, 0.1) is 0 Å². The lowest BCUT2D eigenvalue weighted by molar-refractivity contribution is 0.308. The second-order valence-corrected chi connectivity index (χ2v) is 5.09. The first-order valence-corrected chi connectivity index (χ1v) is 6.84. The van der Waals surface area contributed by atoms with Crippen molar-refractivity contribution in [2.24, 2.45) is 0 Å². The summed E-state index contributed by atoms with van der Waals surface area (Å²) in [7, 11) is -2.26. The molecule has 1 aromatic rings. The SMILES string of the molecule is COc1ccc(OCCCCS(=O)(=O)O)cc1. The van der Waals surface area contributed by atoms with Gasteiger partial charge in [0, 0.05) is 0 Å². The fourth-order valence-electron chi connectivity index (χ4n) is 1.25. The van der Waals surface area contributed by atoms with E-state index < -0.39 is 10.1 Å². The van der Waals surface area contributed by atoms with E-state index in [1.165, 1.54) is 0 Å². The van der Waals surface area contributed by atoms with Gasteiger partial charge in [-0.05, 0) is 37.1 Å². The maximum Gasteiger partial charge on any atom is 0.264 e. The molecule has 0 unspecified atom stereocenters. The molecule has 0 aliphatic carbocycles. The molecule has 0 radical (unpaired) electrons. The van der Waals surface area contributed by atoms with Gasteiger partial charge in [0.2, 0.25) is 0 Å². The van der Waals surface area contributed by atoms with Gasteiger partial charge in [0.25, 0.3) is 10.1 Å². The minimum Gasteiger partial charge on any atom is -0.497 e. The van der Waals surface area contributed by atoms with Crippen molar-refractivity contribution < 1.29 is 22.4 Å². The molecule has 0 atom stereocenters. The molecule has 0 spiro atoms. The maximum absolute atomic E-state index is 10.4. The van der Waals surface area contributed by atoms with E-state index in [1.54, 1.807) is 31.4 Å². The molecule has 0 saturated carbocycles. The Morgan fingerprint density at radius 1 is 1.12 bits per heavy atom. The molecule has 0 fully saturated rings. The zero-order valence-corrected chi connectivity index (χ0v) is 10.4. The van der Waals surface area contributed by atoms with Crippen LogP contribution in [0.3, 0.4) is 0 Å². The van der Waals surface area contributed by atoms with Gasteiger partial charge in [0.15, 0.2) is 0 Å². The molecule has 0 aromatic heterocycles. The van der Waals surface area contributed by atoms with E-state index in [1.807, 2.05) is 0 Å². The number of hydrogen-bond donors (Lipinski definition) is 1. The first-order chi connectivity index (χ1) is 8.01. The highest BCUT2D eigenvalue weighted by Crippen LogP contribution is 2.17. The van der Waals surface area contributed by atoms with Crippen LogP contribution in [0.1, 0.15) is 12.8 Å². The molecule has 17 heavy (non-hydrogen) atoms. The highest BCUT2D eigenvalue weighted by Gasteiger charge is 2.03. The fourth-order valence-corrected chi connectivity index (χ4v) is 1.82. The first kappa shape index (κ1) is 13.8. The van der Waals surface area contributed by atoms with Crippen molar-refractivity contribution in [2.75, 3.05) is 19.5 Å². The van der Waals surface area contributed by atoms with Crippen LogP contribution < -0.4 is 9.47 Å². The van der Waals surface area contributed by atoms with Crippen molar-refractivity contribution in [3.05, 3.63) is 24.3 Å². The number of methoxy groups -OCH3 is 1. The van der Waals surface area contributed by atoms with Crippen LogP contribution in [0.2, 0.25) is 0 Å². The zero-order valence-electron chi connectivity index (χ0n) is 9.63. The van der Waals surface area contributed by atoms with E-state index in [9.17, 15) is 8.42 Å². The summed E-state index contributed by atoms with van der Waals surface area (Å²) in [5.41, 5.74) is 0. The Bertz CT molecular complexity index is 424. The highest BCUT2D eigenvalue weighted by atomic mass is 32.2. The van der Waals surface area contributed by atoms with Crippen LogP contribution in [0.4, 0.5) is 0 Å². The van der Waals surface area contributed by atoms with E-state index in [2.05, 4.69) is 0 Å². The van der Waals surface area contributed by atoms with Crippen LogP contribution in [0.5, 0.6) is 11.5 Å². The van der Waals surface area contributed by atoms with Crippen molar-refractivity contribution in [1.29, 1.82) is 0 Å². The van der Waals surface area contributed by atoms with Gasteiger partial charge in [-0.15, -0.1) is 0 Å². The monoisotopic (exact) mass is 260 g/mol. The molecular formula is C11H16O5S. The summed E-state index contributed by atoms with van der Waals surface area (Å²) in [4.78, 5) is 0. The van der Waals surface area contributed by atoms with Gasteiger partial charge in [-0.2, -0.15) is 8.42 Å². The van der Waals surface area contributed by atoms with E-state index in [0.717, 1.165) is 5.75 Å². The van der Waals surface area contributed by atoms with Crippen molar-refractivity contribution in [2.45, 2.75) is 12.8 Å². The fraction of sp³-hybridized carbons (Fsp3) is 0.455. The van der Waals surface area contributed by atoms with Crippen LogP contribution >= 0.6 is 0 Å². The summed E-state index contributed by atoms with van der Waals surface area (Å²) in [5, 5.41) is 0. The molecule has 0 bridgehead atoms. The molecule has 0 heterocycles. The molecule has 96 valence electrons. The predicted octanol–water partition coefficient (Wildman–Crippen LogP) is 1.74. The lowest BCUT2D eigenvalue weighted by Gasteiger charge is -2.06. The van der Waals surface area contributed by atoms with Crippen molar-refractivity contribution >= 4 is 10.1 Å². The number of hydrogen-bond acceptors (Lipinski definition) is 4. The van der Waals surface area contributed by atoms with Gasteiger partial charge in [0.1, 0.15) is 11.5 Å². The molecule has 1 rings (SSSR count). The van der Waals surface area contributed by atoms with E-state index >= 15 is 0 Å². The average molecular weight is 260 g/mol. The molecule has 0 amide bonds. The molecule has 1 aromatic carbocycles. The van der Waals surface area contributed by atoms with E-state index in [4.69, 9.17) is 14.0 Å². The standard InChI is InChI=1S/C11H16O5S/c1-15-10-4-6-11(7-5-10)16-8-2-3-9-17(12,13)14/h4-7H,2-3,8-9H2,1H3,(H,12,13,14). The number of benzene rings is 1. The van der Waals surface area contributed by atoms with Gasteiger partial charge >= 0.3 is 0 Å². The topological polar surface area (TPSA) is 72.8 Å². The smallest absolute Gasteiger partial charge is 0.264 e. The van der Waals surface area contributed by atoms with Crippen LogP contribution in [0.15, 0.2) is 24.3 Å². The highest BCUT2D eigenvalue weighted by molar-refractivity contribution is 7.85. The van der Waals surface area contributed by atoms with Crippen LogP contribution in [0.25, 0.3) is 0 Å². The Hall–Kier alpha value is -1.27. The largest absolute Gasteiger partial charge is 0.497 e. The molecule has 5 nitrogen and oxygen atoms in total. The van der Waals surface area contributed by atoms with Gasteiger partial charge in [-0.25, -0.2) is 0 Å². The molecule has 0 saturated heterocycles. The summed E-state index contributed by atoms with van der Waals surface area (Å²) in [6.07, 6.45) is 0.959. The Morgan fingerprint density at radius 3 is 2.24 bits per heavy atom. The second-order valence-electron chi connectivity index (χ2n) is 3.52. The quantitative estimate of drug-likeness (QED) is 0.597. The number of ether oxygens (including phenoxy) is 2. The zero-order chi connectivity index (χ0) is 12.7. The van der Waals surface area contributed by atoms with Crippen LogP contribution in [-0.4, -0.2) is 32.4 Å². The van der Waals surface area contributed by atoms with Gasteiger partial charge in [-0.3, -0.25) is 4.55 Å². The third-order valence-corrected chi connectivity index (χ3v) is 2.93. The summed E-state index contributed by atoms with van der Waals surface area (Å²) >= 11 is 0. The van der Waals surface area contributed by atoms with E-state index in [-0.39, 0.29) is 5.75 Å². The van der Waals surface area contributed by atoms with Gasteiger partial charge in [0.05, 0.1) is 19.5 Å². The van der Waals surface area contributed by atoms with Crippen molar-refractivity contribution in [3.8, 4) is 11.5 Å². The molecule has 0 aliphatic heterocycles. The van der Waals surface area contributed by atoms with Gasteiger partial charge < -0.3 is 9.47 Å². The molecular weight excluding hydrogens is 244 g/mol. The Kier molecular flexibility index (Phi) is 5.24. The summed E-state index contributed by atoms with van der Waals surface area (Å²) < 4.78 is 39.8. The number of unbranched alkanes of at least 4 members (excludes halogenated alkanes) is 1. The van der Waals surface area contributed by atoms with Gasteiger partial charge in [-0.1, -0.05) is 0 Å². The summed E-state index contributed by atoms with van der Waals surface area (Å²) in [5.74, 6) is 1.24. The number of rotatable bonds is 7. The third kappa shape index (κ3) is 6.13. The summed E-state index contributed by atoms with van der Waals surface area (Å²) in [6.45, 7) is 0.419. The molecule has 6 heteroatoms. The van der Waals surface area contributed by atoms with E-state index in [0.29, 0.717) is 25.2 Å². The van der Waals surface area contributed by atoms with Crippen molar-refractivity contribution in [1.82, 2.24) is 0 Å². The second kappa shape index (κ2) is 6.46. The van der Waals surface area contributed by atoms with Crippen molar-refractivity contribution in [3.63, 3.8) is 0 Å². The lowest BCUT2D eigenvalue weighted by atomic mass is 10.3. The molecule has 0 aliphatic rings. The maximum atomic E-state index is 10.4. The third-order valence-electron chi connectivity index (χ3n) is 2.12. The minimum atomic E-state index is -3.85. The predicted molar refractivity (Wildman–Crippen MR) is 64.1 cm³/mol. The minimum absolute atomic E-state index is 0.223. The normalized spacial score (nSPS) is 11.2. The Morgan fingerprint density at radius 2 is 1.71 bits per heavy atom. The Balaban J connectivity index is 2.22. The summed E-state index contributed by atoms with van der Waals surface area (Å²) in [6, 6.07) is 7.13. The van der Waals surface area contributed by atoms with Crippen LogP contribution in [-0.2, 0) is 10.1 Å². The Labute approximate surface area is 101 Å². The first-order valence-electron chi connectivity index (χ1n) is 5.23.